The largest absolute Gasteiger partial charge is 0.709 e. The van der Waals surface area contributed by atoms with Crippen molar-refractivity contribution in [3.8, 4) is 50.9 Å². The molecule has 4 atom stereocenters. The summed E-state index contributed by atoms with van der Waals surface area (Å²) >= 11 is 0. The van der Waals surface area contributed by atoms with Crippen LogP contribution in [0.15, 0.2) is 109 Å². The number of para-hydroxylation sites is 1. The van der Waals surface area contributed by atoms with Gasteiger partial charge in [0.25, 0.3) is 0 Å². The van der Waals surface area contributed by atoms with Gasteiger partial charge in [-0.15, -0.1) is 0 Å². The molecule has 0 amide bonds. The minimum absolute atomic E-state index is 0.000609. The van der Waals surface area contributed by atoms with Crippen molar-refractivity contribution < 1.29 is 27.7 Å². The van der Waals surface area contributed by atoms with Crippen LogP contribution in [0.2, 0.25) is 0 Å². The third kappa shape index (κ3) is 12.0. The molecule has 472 valence electrons. The van der Waals surface area contributed by atoms with Crippen molar-refractivity contribution in [2.45, 2.75) is 228 Å². The van der Waals surface area contributed by atoms with Gasteiger partial charge >= 0.3 is 0 Å². The fraction of sp³-hybridized carbons (Fsp3) is 0.457. The van der Waals surface area contributed by atoms with Gasteiger partial charge in [0.1, 0.15) is 29.6 Å². The molecule has 2 unspecified atom stereocenters. The van der Waals surface area contributed by atoms with Crippen LogP contribution >= 0.6 is 0 Å². The number of nitrogens with zero attached hydrogens (tertiary/aromatic N) is 2. The lowest BCUT2D eigenvalue weighted by atomic mass is 9.71. The van der Waals surface area contributed by atoms with Crippen LogP contribution in [0.1, 0.15) is 213 Å². The first-order valence-electron chi connectivity index (χ1n) is 32.8. The molecule has 6 nitrogen and oxygen atoms in total. The predicted molar refractivity (Wildman–Crippen MR) is 369 cm³/mol. The summed E-state index contributed by atoms with van der Waals surface area (Å²) in [4.78, 5) is 2.40. The number of aromatic hydroxyl groups is 2. The number of rotatable bonds is 12. The Hall–Kier alpha value is -6.80. The van der Waals surface area contributed by atoms with Crippen molar-refractivity contribution in [2.75, 3.05) is 4.90 Å². The molecule has 8 aromatic rings. The van der Waals surface area contributed by atoms with E-state index in [-0.39, 0.29) is 62.2 Å². The van der Waals surface area contributed by atoms with Crippen molar-refractivity contribution in [1.29, 1.82) is 0 Å². The molecule has 2 saturated carbocycles. The van der Waals surface area contributed by atoms with Gasteiger partial charge in [0.2, 0.25) is 11.5 Å². The van der Waals surface area contributed by atoms with Crippen molar-refractivity contribution in [2.24, 2.45) is 10.8 Å². The number of hydrogen-bond donors (Lipinski definition) is 2. The molecule has 2 heterocycles. The Morgan fingerprint density at radius 2 is 0.921 bits per heavy atom. The highest BCUT2D eigenvalue weighted by molar-refractivity contribution is 6.10. The van der Waals surface area contributed by atoms with Gasteiger partial charge in [-0.2, -0.15) is 0 Å². The second-order valence-electron chi connectivity index (χ2n) is 32.8. The quantitative estimate of drug-likeness (QED) is 0.0947. The Morgan fingerprint density at radius 1 is 0.483 bits per heavy atom. The molecular formula is C81H100F2N2O4. The number of halogens is 2. The molecule has 7 aromatic carbocycles. The fourth-order valence-corrected chi connectivity index (χ4v) is 16.4. The Balaban J connectivity index is 1.03. The van der Waals surface area contributed by atoms with Gasteiger partial charge in [-0.25, -0.2) is 8.78 Å². The van der Waals surface area contributed by atoms with Gasteiger partial charge in [-0.05, 0) is 181 Å². The lowest BCUT2D eigenvalue weighted by Crippen LogP contribution is -2.33. The number of benzene rings is 7. The lowest BCUT2D eigenvalue weighted by Gasteiger charge is -2.39. The molecule has 0 bridgehead atoms. The number of fused-ring (bicyclic) bond motifs is 6. The SMILES string of the molecule is [CH2-][O+](c1c(C)cc(F)cc1-c1cc(C(C)(C)CC(C)(C)C)cc(N2c3ccccc3C3CCCCC32)c1O)[C@@H]1CC[C@@H]([O+]([CH2-])c2c(C)cc(F)cc2-c2cc(C(C)(C)CC(C)(C)C)cc(-n3c4cc(C(C)(C)C)ccc4c4ccc(C(C)(C)C)cc43)c2O)C1. The van der Waals surface area contributed by atoms with Gasteiger partial charge in [0.15, 0.2) is 12.2 Å². The summed E-state index contributed by atoms with van der Waals surface area (Å²) in [5.74, 6) is 1.08. The second kappa shape index (κ2) is 22.5. The van der Waals surface area contributed by atoms with E-state index >= 15 is 8.78 Å². The van der Waals surface area contributed by atoms with E-state index in [1.54, 1.807) is 24.3 Å². The number of anilines is 2. The molecule has 2 aliphatic carbocycles. The number of aromatic nitrogens is 1. The molecule has 2 N–H and O–H groups in total. The molecule has 11 rings (SSSR count). The lowest BCUT2D eigenvalue weighted by molar-refractivity contribution is -0.0725. The van der Waals surface area contributed by atoms with E-state index in [0.29, 0.717) is 75.7 Å². The molecule has 89 heavy (non-hydrogen) atoms. The average molecular weight is 1200 g/mol. The van der Waals surface area contributed by atoms with E-state index in [1.807, 2.05) is 13.8 Å². The zero-order chi connectivity index (χ0) is 64.6. The third-order valence-electron chi connectivity index (χ3n) is 20.1. The molecule has 0 spiro atoms. The highest BCUT2D eigenvalue weighted by atomic mass is 19.1. The molecule has 0 saturated heterocycles. The van der Waals surface area contributed by atoms with Crippen LogP contribution in [0.3, 0.4) is 0 Å². The maximum absolute atomic E-state index is 16.6. The van der Waals surface area contributed by atoms with Crippen LogP contribution in [-0.2, 0) is 30.4 Å². The molecular weight excluding hydrogens is 1100 g/mol. The number of phenolic OH excluding ortho intramolecular Hbond substituents is 2. The number of aryl methyl sites for hydroxylation is 2. The summed E-state index contributed by atoms with van der Waals surface area (Å²) in [6.07, 6.45) is 7.66. The van der Waals surface area contributed by atoms with Gasteiger partial charge < -0.3 is 28.4 Å². The van der Waals surface area contributed by atoms with Crippen LogP contribution < -0.4 is 4.90 Å². The third-order valence-corrected chi connectivity index (χ3v) is 20.1. The minimum atomic E-state index is -0.412. The van der Waals surface area contributed by atoms with E-state index in [0.717, 1.165) is 76.4 Å². The summed E-state index contributed by atoms with van der Waals surface area (Å²) in [7, 11) is 9.51. The Morgan fingerprint density at radius 3 is 1.38 bits per heavy atom. The maximum atomic E-state index is 16.6. The summed E-state index contributed by atoms with van der Waals surface area (Å²) < 4.78 is 41.7. The van der Waals surface area contributed by atoms with E-state index in [2.05, 4.69) is 214 Å². The molecule has 8 heteroatoms. The van der Waals surface area contributed by atoms with Crippen LogP contribution in [0, 0.1) is 50.5 Å². The first-order valence-corrected chi connectivity index (χ1v) is 32.8. The summed E-state index contributed by atoms with van der Waals surface area (Å²) in [5.41, 5.74) is 12.8. The van der Waals surface area contributed by atoms with Crippen molar-refractivity contribution in [3.63, 3.8) is 0 Å². The normalized spacial score (nSPS) is 18.5. The Kier molecular flexibility index (Phi) is 16.2. The van der Waals surface area contributed by atoms with Crippen molar-refractivity contribution in [1.82, 2.24) is 4.57 Å². The minimum Gasteiger partial charge on any atom is -0.709 e. The van der Waals surface area contributed by atoms with Crippen LogP contribution in [0.4, 0.5) is 20.2 Å². The molecule has 1 aromatic heterocycles. The number of hydrogen-bond acceptors (Lipinski definition) is 3. The maximum Gasteiger partial charge on any atom is 0.238 e. The molecule has 3 aliphatic rings. The fourth-order valence-electron chi connectivity index (χ4n) is 16.4. The molecule has 2 fully saturated rings. The predicted octanol–water partition coefficient (Wildman–Crippen LogP) is 23.4. The smallest absolute Gasteiger partial charge is 0.238 e. The topological polar surface area (TPSA) is 54.0 Å². The Bertz CT molecular complexity index is 3970. The summed E-state index contributed by atoms with van der Waals surface area (Å²) in [6.45, 7) is 40.0. The van der Waals surface area contributed by atoms with Gasteiger partial charge in [-0.3, -0.25) is 0 Å². The van der Waals surface area contributed by atoms with Gasteiger partial charge in [0.05, 0.1) is 33.5 Å². The second-order valence-corrected chi connectivity index (χ2v) is 32.8. The highest BCUT2D eigenvalue weighted by Gasteiger charge is 2.44. The van der Waals surface area contributed by atoms with E-state index in [1.165, 1.54) is 23.1 Å². The monoisotopic (exact) mass is 1200 g/mol. The number of phenols is 2. The average Bonchev–Trinajstić information content (AvgIpc) is 1.80. The molecule has 0 radical (unpaired) electrons. The first kappa shape index (κ1) is 63.8. The van der Waals surface area contributed by atoms with Gasteiger partial charge in [0, 0.05) is 63.5 Å². The van der Waals surface area contributed by atoms with Crippen LogP contribution in [0.5, 0.6) is 23.0 Å². The standard InChI is InChI=1S/C81H100F2N2O4/c1-48-35-54(82)43-64(62-37-52(80(15,16)46-76(3,4)5)41-70(72(62)86)84-66-27-23-21-25-58(66)59-26-22-24-28-67(59)84)74(48)88(19)56-31-32-57(45-56)89(20)75-49(2)36-55(83)44-65(75)63-38-53(81(17,18)47-77(6,7)8)42-71(73(63)87)85-68-39-50(78(9,10)11)29-33-60(68)61-34-30-51(40-69(61)85)79(12,13)14/h21,23,25,27,29-30,33-44,56-57,59,67,86-87H,19-20,22,24,26,28,31-32,45-47H2,1-18H3/t56-,57-,59?,67?/m1/s1. The van der Waals surface area contributed by atoms with E-state index in [9.17, 15) is 10.2 Å². The van der Waals surface area contributed by atoms with Crippen molar-refractivity contribution >= 4 is 33.2 Å². The summed E-state index contributed by atoms with van der Waals surface area (Å²) in [5, 5.41) is 28.7. The summed E-state index contributed by atoms with van der Waals surface area (Å²) in [6, 6.07) is 37.2. The van der Waals surface area contributed by atoms with Gasteiger partial charge in [-0.1, -0.05) is 166 Å². The van der Waals surface area contributed by atoms with Crippen molar-refractivity contribution in [3.05, 3.63) is 174 Å². The zero-order valence-electron chi connectivity index (χ0n) is 56.8. The molecule has 1 aliphatic heterocycles. The Labute approximate surface area is 531 Å². The van der Waals surface area contributed by atoms with E-state index in [4.69, 9.17) is 14.2 Å². The zero-order valence-corrected chi connectivity index (χ0v) is 56.8. The first-order chi connectivity index (χ1) is 41.4. The highest BCUT2D eigenvalue weighted by Crippen LogP contribution is 2.58. The van der Waals surface area contributed by atoms with E-state index < -0.39 is 11.6 Å². The van der Waals surface area contributed by atoms with Crippen LogP contribution in [0.25, 0.3) is 49.7 Å². The van der Waals surface area contributed by atoms with Crippen LogP contribution in [-0.4, -0.2) is 33.0 Å².